The Bertz CT molecular complexity index is 674. The van der Waals surface area contributed by atoms with Crippen LogP contribution in [0.25, 0.3) is 6.08 Å². The zero-order chi connectivity index (χ0) is 16.1. The highest BCUT2D eigenvalue weighted by Crippen LogP contribution is 2.16. The SMILES string of the molecule is O=C(/C=C/c1ccc(Br)cc1)N1CCN(c2ccccc2)CC1. The number of hydrogen-bond donors (Lipinski definition) is 0. The molecular formula is C19H19BrN2O. The molecule has 1 saturated heterocycles. The predicted molar refractivity (Wildman–Crippen MR) is 98.4 cm³/mol. The first-order chi connectivity index (χ1) is 11.2. The van der Waals surface area contributed by atoms with Crippen LogP contribution < -0.4 is 4.90 Å². The van der Waals surface area contributed by atoms with Crippen LogP contribution in [0.15, 0.2) is 65.1 Å². The van der Waals surface area contributed by atoms with Crippen molar-refractivity contribution in [1.82, 2.24) is 4.90 Å². The van der Waals surface area contributed by atoms with Gasteiger partial charge in [-0.2, -0.15) is 0 Å². The highest BCUT2D eigenvalue weighted by molar-refractivity contribution is 9.10. The van der Waals surface area contributed by atoms with Gasteiger partial charge in [0.1, 0.15) is 0 Å². The van der Waals surface area contributed by atoms with Gasteiger partial charge in [0, 0.05) is 42.4 Å². The maximum Gasteiger partial charge on any atom is 0.246 e. The summed E-state index contributed by atoms with van der Waals surface area (Å²) in [7, 11) is 0. The smallest absolute Gasteiger partial charge is 0.246 e. The van der Waals surface area contributed by atoms with Gasteiger partial charge in [0.2, 0.25) is 5.91 Å². The highest BCUT2D eigenvalue weighted by atomic mass is 79.9. The minimum atomic E-state index is 0.0839. The second kappa shape index (κ2) is 7.47. The molecule has 2 aromatic rings. The molecule has 1 heterocycles. The number of halogens is 1. The van der Waals surface area contributed by atoms with Crippen molar-refractivity contribution in [2.24, 2.45) is 0 Å². The van der Waals surface area contributed by atoms with Gasteiger partial charge in [0.15, 0.2) is 0 Å². The Balaban J connectivity index is 1.55. The second-order valence-corrected chi connectivity index (χ2v) is 6.45. The van der Waals surface area contributed by atoms with Gasteiger partial charge in [-0.05, 0) is 35.9 Å². The number of carbonyl (C=O) groups excluding carboxylic acids is 1. The molecule has 23 heavy (non-hydrogen) atoms. The molecular weight excluding hydrogens is 352 g/mol. The first kappa shape index (κ1) is 15.8. The summed E-state index contributed by atoms with van der Waals surface area (Å²) in [6.07, 6.45) is 3.54. The number of rotatable bonds is 3. The molecule has 0 aromatic heterocycles. The molecule has 0 saturated carbocycles. The van der Waals surface area contributed by atoms with E-state index in [1.807, 2.05) is 53.4 Å². The number of nitrogens with zero attached hydrogens (tertiary/aromatic N) is 2. The first-order valence-electron chi connectivity index (χ1n) is 7.75. The third-order valence-electron chi connectivity index (χ3n) is 4.00. The van der Waals surface area contributed by atoms with Crippen molar-refractivity contribution in [2.45, 2.75) is 0 Å². The summed E-state index contributed by atoms with van der Waals surface area (Å²) in [5.74, 6) is 0.0839. The molecule has 3 nitrogen and oxygen atoms in total. The summed E-state index contributed by atoms with van der Waals surface area (Å²) in [5, 5.41) is 0. The molecule has 0 aliphatic carbocycles. The summed E-state index contributed by atoms with van der Waals surface area (Å²) in [6.45, 7) is 3.28. The average molecular weight is 371 g/mol. The lowest BCUT2D eigenvalue weighted by Gasteiger charge is -2.35. The molecule has 118 valence electrons. The lowest BCUT2D eigenvalue weighted by atomic mass is 10.2. The van der Waals surface area contributed by atoms with E-state index < -0.39 is 0 Å². The van der Waals surface area contributed by atoms with Crippen molar-refractivity contribution in [3.8, 4) is 0 Å². The summed E-state index contributed by atoms with van der Waals surface area (Å²) in [4.78, 5) is 16.5. The number of carbonyl (C=O) groups is 1. The van der Waals surface area contributed by atoms with E-state index in [9.17, 15) is 4.79 Å². The molecule has 1 aliphatic heterocycles. The van der Waals surface area contributed by atoms with Crippen molar-refractivity contribution >= 4 is 33.6 Å². The maximum absolute atomic E-state index is 12.3. The van der Waals surface area contributed by atoms with E-state index in [1.165, 1.54) is 5.69 Å². The van der Waals surface area contributed by atoms with Crippen LogP contribution in [0.1, 0.15) is 5.56 Å². The van der Waals surface area contributed by atoms with Crippen LogP contribution in [0.4, 0.5) is 5.69 Å². The van der Waals surface area contributed by atoms with Crippen molar-refractivity contribution in [1.29, 1.82) is 0 Å². The summed E-state index contributed by atoms with van der Waals surface area (Å²) >= 11 is 3.41. The number of amides is 1. The second-order valence-electron chi connectivity index (χ2n) is 5.53. The summed E-state index contributed by atoms with van der Waals surface area (Å²) < 4.78 is 1.04. The summed E-state index contributed by atoms with van der Waals surface area (Å²) in [5.41, 5.74) is 2.26. The molecule has 0 radical (unpaired) electrons. The predicted octanol–water partition coefficient (Wildman–Crippen LogP) is 3.81. The fourth-order valence-corrected chi connectivity index (χ4v) is 2.93. The van der Waals surface area contributed by atoms with E-state index in [1.54, 1.807) is 6.08 Å². The van der Waals surface area contributed by atoms with Crippen molar-refractivity contribution in [3.63, 3.8) is 0 Å². The molecule has 3 rings (SSSR count). The van der Waals surface area contributed by atoms with Crippen LogP contribution >= 0.6 is 15.9 Å². The molecule has 0 atom stereocenters. The average Bonchev–Trinajstić information content (AvgIpc) is 2.62. The lowest BCUT2D eigenvalue weighted by molar-refractivity contribution is -0.126. The van der Waals surface area contributed by atoms with E-state index in [0.717, 1.165) is 36.2 Å². The zero-order valence-electron chi connectivity index (χ0n) is 12.9. The standard InChI is InChI=1S/C19H19BrN2O/c20-17-9-6-16(7-10-17)8-11-19(23)22-14-12-21(13-15-22)18-4-2-1-3-5-18/h1-11H,12-15H2/b11-8+. The normalized spacial score (nSPS) is 15.2. The lowest BCUT2D eigenvalue weighted by Crippen LogP contribution is -2.48. The van der Waals surface area contributed by atoms with Crippen LogP contribution in [-0.4, -0.2) is 37.0 Å². The van der Waals surface area contributed by atoms with Gasteiger partial charge in [0.25, 0.3) is 0 Å². The van der Waals surface area contributed by atoms with Gasteiger partial charge >= 0.3 is 0 Å². The third-order valence-corrected chi connectivity index (χ3v) is 4.53. The Hall–Kier alpha value is -2.07. The van der Waals surface area contributed by atoms with Gasteiger partial charge < -0.3 is 9.80 Å². The molecule has 0 N–H and O–H groups in total. The largest absolute Gasteiger partial charge is 0.368 e. The molecule has 0 unspecified atom stereocenters. The topological polar surface area (TPSA) is 23.6 Å². The Kier molecular flexibility index (Phi) is 5.13. The van der Waals surface area contributed by atoms with E-state index in [4.69, 9.17) is 0 Å². The van der Waals surface area contributed by atoms with Crippen LogP contribution in [0.5, 0.6) is 0 Å². The molecule has 0 bridgehead atoms. The highest BCUT2D eigenvalue weighted by Gasteiger charge is 2.19. The number of hydrogen-bond acceptors (Lipinski definition) is 2. The fraction of sp³-hybridized carbons (Fsp3) is 0.211. The number of piperazine rings is 1. The van der Waals surface area contributed by atoms with Gasteiger partial charge in [-0.15, -0.1) is 0 Å². The van der Waals surface area contributed by atoms with Crippen molar-refractivity contribution < 1.29 is 4.79 Å². The Labute approximate surface area is 145 Å². The van der Waals surface area contributed by atoms with Gasteiger partial charge in [-0.25, -0.2) is 0 Å². The van der Waals surface area contributed by atoms with E-state index in [0.29, 0.717) is 0 Å². The maximum atomic E-state index is 12.3. The fourth-order valence-electron chi connectivity index (χ4n) is 2.67. The van der Waals surface area contributed by atoms with Crippen LogP contribution in [0.3, 0.4) is 0 Å². The first-order valence-corrected chi connectivity index (χ1v) is 8.54. The monoisotopic (exact) mass is 370 g/mol. The van der Waals surface area contributed by atoms with Crippen LogP contribution in [0.2, 0.25) is 0 Å². The molecule has 1 aliphatic rings. The molecule has 1 amide bonds. The Morgan fingerprint density at radius 3 is 2.22 bits per heavy atom. The molecule has 2 aromatic carbocycles. The van der Waals surface area contributed by atoms with Crippen LogP contribution in [0, 0.1) is 0 Å². The van der Waals surface area contributed by atoms with Gasteiger partial charge in [0.05, 0.1) is 0 Å². The quantitative estimate of drug-likeness (QED) is 0.766. The van der Waals surface area contributed by atoms with Crippen molar-refractivity contribution in [2.75, 3.05) is 31.1 Å². The van der Waals surface area contributed by atoms with E-state index in [-0.39, 0.29) is 5.91 Å². The Morgan fingerprint density at radius 2 is 1.57 bits per heavy atom. The minimum absolute atomic E-state index is 0.0839. The zero-order valence-corrected chi connectivity index (χ0v) is 14.4. The molecule has 1 fully saturated rings. The number of anilines is 1. The molecule has 0 spiro atoms. The van der Waals surface area contributed by atoms with Gasteiger partial charge in [-0.3, -0.25) is 4.79 Å². The van der Waals surface area contributed by atoms with Crippen LogP contribution in [-0.2, 0) is 4.79 Å². The van der Waals surface area contributed by atoms with Gasteiger partial charge in [-0.1, -0.05) is 46.3 Å². The minimum Gasteiger partial charge on any atom is -0.368 e. The van der Waals surface area contributed by atoms with Crippen molar-refractivity contribution in [3.05, 3.63) is 70.7 Å². The Morgan fingerprint density at radius 1 is 0.913 bits per heavy atom. The number of para-hydroxylation sites is 1. The van der Waals surface area contributed by atoms with E-state index in [2.05, 4.69) is 33.0 Å². The summed E-state index contributed by atoms with van der Waals surface area (Å²) in [6, 6.07) is 18.3. The van der Waals surface area contributed by atoms with E-state index >= 15 is 0 Å². The third kappa shape index (κ3) is 4.23. The molecule has 4 heteroatoms. The number of benzene rings is 2.